The lowest BCUT2D eigenvalue weighted by atomic mass is 9.83. The zero-order valence-electron chi connectivity index (χ0n) is 10.2. The molecule has 0 spiro atoms. The topological polar surface area (TPSA) is 29.1 Å². The van der Waals surface area contributed by atoms with Gasteiger partial charge < -0.3 is 5.32 Å². The van der Waals surface area contributed by atoms with E-state index in [2.05, 4.69) is 5.32 Å². The fourth-order valence-electron chi connectivity index (χ4n) is 2.47. The van der Waals surface area contributed by atoms with Crippen molar-refractivity contribution in [3.8, 4) is 0 Å². The standard InChI is InChI=1S/C14H17ClFNO/c15-10-14(8-4-1-5-9-14)17-13(18)11-6-2-3-7-12(11)16/h2-3,6-7H,1,4-5,8-10H2,(H,17,18). The summed E-state index contributed by atoms with van der Waals surface area (Å²) in [6.07, 6.45) is 5.04. The third kappa shape index (κ3) is 2.83. The van der Waals surface area contributed by atoms with Crippen LogP contribution in [0.1, 0.15) is 42.5 Å². The Morgan fingerprint density at radius 2 is 1.94 bits per heavy atom. The first-order valence-corrected chi connectivity index (χ1v) is 6.83. The van der Waals surface area contributed by atoms with E-state index in [0.717, 1.165) is 25.7 Å². The van der Waals surface area contributed by atoms with Gasteiger partial charge in [0.25, 0.3) is 5.91 Å². The van der Waals surface area contributed by atoms with E-state index in [1.807, 2.05) is 0 Å². The zero-order chi connectivity index (χ0) is 13.0. The third-order valence-electron chi connectivity index (χ3n) is 3.56. The molecule has 1 aliphatic carbocycles. The fraction of sp³-hybridized carbons (Fsp3) is 0.500. The average molecular weight is 270 g/mol. The summed E-state index contributed by atoms with van der Waals surface area (Å²) < 4.78 is 13.5. The van der Waals surface area contributed by atoms with Gasteiger partial charge in [0.15, 0.2) is 0 Å². The Hall–Kier alpha value is -1.09. The Morgan fingerprint density at radius 3 is 2.56 bits per heavy atom. The van der Waals surface area contributed by atoms with Crippen molar-refractivity contribution in [2.24, 2.45) is 0 Å². The molecule has 2 rings (SSSR count). The summed E-state index contributed by atoms with van der Waals surface area (Å²) in [4.78, 5) is 12.1. The van der Waals surface area contributed by atoms with Crippen LogP contribution in [-0.4, -0.2) is 17.3 Å². The maximum Gasteiger partial charge on any atom is 0.254 e. The molecule has 0 heterocycles. The summed E-state index contributed by atoms with van der Waals surface area (Å²) in [5.41, 5.74) is -0.272. The van der Waals surface area contributed by atoms with Crippen molar-refractivity contribution >= 4 is 17.5 Å². The molecule has 0 radical (unpaired) electrons. The minimum atomic E-state index is -0.490. The lowest BCUT2D eigenvalue weighted by Crippen LogP contribution is -2.51. The first-order chi connectivity index (χ1) is 8.67. The van der Waals surface area contributed by atoms with Crippen molar-refractivity contribution in [2.45, 2.75) is 37.6 Å². The highest BCUT2D eigenvalue weighted by molar-refractivity contribution is 6.19. The number of halogens is 2. The van der Waals surface area contributed by atoms with Gasteiger partial charge in [-0.2, -0.15) is 0 Å². The fourth-order valence-corrected chi connectivity index (χ4v) is 2.81. The molecule has 1 N–H and O–H groups in total. The lowest BCUT2D eigenvalue weighted by molar-refractivity contribution is 0.0880. The van der Waals surface area contributed by atoms with Crippen LogP contribution in [0.25, 0.3) is 0 Å². The predicted molar refractivity (Wildman–Crippen MR) is 70.4 cm³/mol. The quantitative estimate of drug-likeness (QED) is 0.836. The number of rotatable bonds is 3. The minimum absolute atomic E-state index is 0.0903. The molecule has 0 saturated heterocycles. The first-order valence-electron chi connectivity index (χ1n) is 6.30. The largest absolute Gasteiger partial charge is 0.345 e. The van der Waals surface area contributed by atoms with Crippen LogP contribution in [0, 0.1) is 5.82 Å². The number of hydrogen-bond acceptors (Lipinski definition) is 1. The van der Waals surface area contributed by atoms with Gasteiger partial charge in [0.2, 0.25) is 0 Å². The van der Waals surface area contributed by atoms with Crippen LogP contribution in [0.2, 0.25) is 0 Å². The van der Waals surface area contributed by atoms with Crippen LogP contribution >= 0.6 is 11.6 Å². The SMILES string of the molecule is O=C(NC1(CCl)CCCCC1)c1ccccc1F. The zero-order valence-corrected chi connectivity index (χ0v) is 11.0. The van der Waals surface area contributed by atoms with Gasteiger partial charge in [0.1, 0.15) is 5.82 Å². The highest BCUT2D eigenvalue weighted by atomic mass is 35.5. The third-order valence-corrected chi connectivity index (χ3v) is 4.08. The highest BCUT2D eigenvalue weighted by Crippen LogP contribution is 2.29. The number of nitrogens with one attached hydrogen (secondary N) is 1. The molecule has 0 aromatic heterocycles. The van der Waals surface area contributed by atoms with Crippen molar-refractivity contribution in [1.82, 2.24) is 5.32 Å². The Labute approximate surface area is 112 Å². The summed E-state index contributed by atoms with van der Waals surface area (Å²) in [6, 6.07) is 6.02. The van der Waals surface area contributed by atoms with Crippen molar-refractivity contribution in [3.05, 3.63) is 35.6 Å². The Morgan fingerprint density at radius 1 is 1.28 bits per heavy atom. The normalized spacial score (nSPS) is 18.3. The summed E-state index contributed by atoms with van der Waals surface area (Å²) in [6.45, 7) is 0. The molecule has 1 aromatic rings. The molecule has 1 aromatic carbocycles. The highest BCUT2D eigenvalue weighted by Gasteiger charge is 2.33. The Balaban J connectivity index is 2.13. The van der Waals surface area contributed by atoms with Gasteiger partial charge in [-0.3, -0.25) is 4.79 Å². The number of hydrogen-bond donors (Lipinski definition) is 1. The van der Waals surface area contributed by atoms with Crippen molar-refractivity contribution in [2.75, 3.05) is 5.88 Å². The molecule has 1 fully saturated rings. The molecule has 1 saturated carbocycles. The van der Waals surface area contributed by atoms with Gasteiger partial charge in [-0.15, -0.1) is 11.6 Å². The van der Waals surface area contributed by atoms with Crippen molar-refractivity contribution in [1.29, 1.82) is 0 Å². The first kappa shape index (κ1) is 13.3. The van der Waals surface area contributed by atoms with E-state index in [-0.39, 0.29) is 17.0 Å². The van der Waals surface area contributed by atoms with Gasteiger partial charge in [-0.1, -0.05) is 31.4 Å². The molecule has 0 atom stereocenters. The molecule has 1 amide bonds. The summed E-state index contributed by atoms with van der Waals surface area (Å²) >= 11 is 6.00. The number of alkyl halides is 1. The van der Waals surface area contributed by atoms with Gasteiger partial charge in [0, 0.05) is 5.88 Å². The molecule has 0 bridgehead atoms. The average Bonchev–Trinajstić information content (AvgIpc) is 2.40. The monoisotopic (exact) mass is 269 g/mol. The second kappa shape index (κ2) is 5.70. The van der Waals surface area contributed by atoms with Crippen LogP contribution in [0.4, 0.5) is 4.39 Å². The molecule has 1 aliphatic rings. The maximum absolute atomic E-state index is 13.5. The van der Waals surface area contributed by atoms with Crippen molar-refractivity contribution < 1.29 is 9.18 Å². The van der Waals surface area contributed by atoms with E-state index >= 15 is 0 Å². The van der Waals surface area contributed by atoms with Crippen LogP contribution in [0.5, 0.6) is 0 Å². The van der Waals surface area contributed by atoms with Gasteiger partial charge >= 0.3 is 0 Å². The van der Waals surface area contributed by atoms with Crippen LogP contribution in [0.15, 0.2) is 24.3 Å². The number of amides is 1. The molecular formula is C14H17ClFNO. The molecule has 18 heavy (non-hydrogen) atoms. The Kier molecular flexibility index (Phi) is 4.23. The van der Waals surface area contributed by atoms with E-state index in [1.54, 1.807) is 12.1 Å². The van der Waals surface area contributed by atoms with E-state index in [1.165, 1.54) is 18.6 Å². The molecule has 2 nitrogen and oxygen atoms in total. The van der Waals surface area contributed by atoms with E-state index < -0.39 is 5.82 Å². The molecule has 0 unspecified atom stereocenters. The van der Waals surface area contributed by atoms with E-state index in [0.29, 0.717) is 5.88 Å². The second-order valence-corrected chi connectivity index (χ2v) is 5.18. The van der Waals surface area contributed by atoms with Gasteiger partial charge in [0.05, 0.1) is 11.1 Å². The molecule has 4 heteroatoms. The van der Waals surface area contributed by atoms with Gasteiger partial charge in [-0.05, 0) is 25.0 Å². The van der Waals surface area contributed by atoms with E-state index in [9.17, 15) is 9.18 Å². The summed E-state index contributed by atoms with van der Waals surface area (Å²) in [7, 11) is 0. The second-order valence-electron chi connectivity index (χ2n) is 4.91. The number of carbonyl (C=O) groups is 1. The van der Waals surface area contributed by atoms with Crippen molar-refractivity contribution in [3.63, 3.8) is 0 Å². The lowest BCUT2D eigenvalue weighted by Gasteiger charge is -2.36. The Bertz CT molecular complexity index is 430. The van der Waals surface area contributed by atoms with Crippen LogP contribution < -0.4 is 5.32 Å². The summed E-state index contributed by atoms with van der Waals surface area (Å²) in [5.74, 6) is -0.473. The van der Waals surface area contributed by atoms with Crippen LogP contribution in [0.3, 0.4) is 0 Å². The predicted octanol–water partition coefficient (Wildman–Crippen LogP) is 3.50. The number of carbonyl (C=O) groups excluding carboxylic acids is 1. The smallest absolute Gasteiger partial charge is 0.254 e. The number of benzene rings is 1. The minimum Gasteiger partial charge on any atom is -0.345 e. The van der Waals surface area contributed by atoms with E-state index in [4.69, 9.17) is 11.6 Å². The molecule has 98 valence electrons. The molecular weight excluding hydrogens is 253 g/mol. The van der Waals surface area contributed by atoms with Gasteiger partial charge in [-0.25, -0.2) is 4.39 Å². The van der Waals surface area contributed by atoms with Crippen LogP contribution in [-0.2, 0) is 0 Å². The maximum atomic E-state index is 13.5. The molecule has 0 aliphatic heterocycles. The summed E-state index contributed by atoms with van der Waals surface area (Å²) in [5, 5.41) is 2.93.